The molecule has 0 heterocycles. The van der Waals surface area contributed by atoms with Gasteiger partial charge in [0.15, 0.2) is 6.10 Å². The Kier molecular flexibility index (Phi) is 13.9. The van der Waals surface area contributed by atoms with Crippen molar-refractivity contribution >= 4 is 23.1 Å². The molecule has 0 radical (unpaired) electrons. The summed E-state index contributed by atoms with van der Waals surface area (Å²) in [6, 6.07) is 0.687. The highest BCUT2D eigenvalue weighted by molar-refractivity contribution is 6.77. The first-order valence-electron chi connectivity index (χ1n) is 11.6. The summed E-state index contributed by atoms with van der Waals surface area (Å²) in [7, 11) is -0.0804. The van der Waals surface area contributed by atoms with E-state index in [1.54, 1.807) is 21.3 Å². The van der Waals surface area contributed by atoms with E-state index < -0.39 is 29.2 Å². The van der Waals surface area contributed by atoms with Crippen LogP contribution in [0.25, 0.3) is 0 Å². The summed E-state index contributed by atoms with van der Waals surface area (Å²) in [6.07, 6.45) is -0.0195. The Hall–Kier alpha value is -0.296. The van der Waals surface area contributed by atoms with Crippen LogP contribution < -0.4 is 0 Å². The van der Waals surface area contributed by atoms with Crippen molar-refractivity contribution in [1.82, 2.24) is 4.90 Å². The molecule has 0 aromatic carbocycles. The predicted molar refractivity (Wildman–Crippen MR) is 131 cm³/mol. The zero-order chi connectivity index (χ0) is 24.4. The van der Waals surface area contributed by atoms with Crippen LogP contribution in [-0.4, -0.2) is 80.2 Å². The van der Waals surface area contributed by atoms with Crippen molar-refractivity contribution in [1.29, 1.82) is 0 Å². The molecule has 0 saturated carbocycles. The number of aliphatic carboxylic acids is 1. The Morgan fingerprint density at radius 3 is 1.61 bits per heavy atom. The molecular weight excluding hydrogens is 430 g/mol. The average Bonchev–Trinajstić information content (AvgIpc) is 2.67. The van der Waals surface area contributed by atoms with Gasteiger partial charge in [-0.3, -0.25) is 4.90 Å². The van der Waals surface area contributed by atoms with Gasteiger partial charge in [-0.1, -0.05) is 55.4 Å². The zero-order valence-electron chi connectivity index (χ0n) is 21.9. The number of carbonyl (C=O) groups is 1. The number of carboxylic acids is 1. The number of hydrogen-bond acceptors (Lipinski definition) is 6. The Labute approximate surface area is 193 Å². The molecule has 1 unspecified atom stereocenters. The van der Waals surface area contributed by atoms with Gasteiger partial charge in [0.25, 0.3) is 0 Å². The molecule has 0 aromatic rings. The van der Waals surface area contributed by atoms with Gasteiger partial charge in [-0.15, -0.1) is 0 Å². The quantitative estimate of drug-likeness (QED) is 0.299. The van der Waals surface area contributed by atoms with Crippen LogP contribution in [0.3, 0.4) is 0 Å². The van der Waals surface area contributed by atoms with Gasteiger partial charge in [0.05, 0.1) is 0 Å². The highest BCUT2D eigenvalue weighted by Crippen LogP contribution is 2.43. The van der Waals surface area contributed by atoms with Gasteiger partial charge < -0.3 is 22.8 Å². The fraction of sp³-hybridized carbons (Fsp3) is 0.955. The van der Waals surface area contributed by atoms with E-state index in [4.69, 9.17) is 17.7 Å². The minimum absolute atomic E-state index is 0.338. The summed E-state index contributed by atoms with van der Waals surface area (Å²) in [5, 5.41) is 10.1. The number of rotatable bonds is 17. The first-order valence-corrected chi connectivity index (χ1v) is 15.7. The van der Waals surface area contributed by atoms with E-state index in [0.29, 0.717) is 35.1 Å². The maximum atomic E-state index is 12.3. The fourth-order valence-electron chi connectivity index (χ4n) is 4.90. The van der Waals surface area contributed by atoms with Gasteiger partial charge in [0, 0.05) is 40.5 Å². The normalized spacial score (nSPS) is 14.5. The van der Waals surface area contributed by atoms with Crippen LogP contribution in [0.4, 0.5) is 0 Å². The van der Waals surface area contributed by atoms with E-state index >= 15 is 0 Å². The molecular formula is C22H49NO6Si2. The van der Waals surface area contributed by atoms with Crippen molar-refractivity contribution < 1.29 is 27.6 Å². The molecule has 9 heteroatoms. The highest BCUT2D eigenvalue weighted by Gasteiger charge is 2.48. The van der Waals surface area contributed by atoms with Gasteiger partial charge in [-0.2, -0.15) is 0 Å². The molecule has 186 valence electrons. The molecule has 1 atom stereocenters. The SMILES string of the molecule is CO[Si](CCCN(CC(C)C)CC(O[Si](C(C)C)(C(C)C)C(C)C)C(=O)O)(OC)OC. The molecule has 0 aromatic heterocycles. The summed E-state index contributed by atoms with van der Waals surface area (Å²) in [4.78, 5) is 14.5. The van der Waals surface area contributed by atoms with Crippen LogP contribution in [0.2, 0.25) is 22.7 Å². The van der Waals surface area contributed by atoms with E-state index in [1.165, 1.54) is 0 Å². The molecule has 0 aliphatic heterocycles. The van der Waals surface area contributed by atoms with E-state index in [-0.39, 0.29) is 0 Å². The molecule has 7 nitrogen and oxygen atoms in total. The molecule has 0 bridgehead atoms. The summed E-state index contributed by atoms with van der Waals surface area (Å²) < 4.78 is 23.2. The summed E-state index contributed by atoms with van der Waals surface area (Å²) in [5.41, 5.74) is 1.01. The van der Waals surface area contributed by atoms with Crippen molar-refractivity contribution in [3.63, 3.8) is 0 Å². The summed E-state index contributed by atoms with van der Waals surface area (Å²) >= 11 is 0. The molecule has 0 spiro atoms. The molecule has 0 fully saturated rings. The molecule has 0 saturated heterocycles. The summed E-state index contributed by atoms with van der Waals surface area (Å²) in [6.45, 7) is 19.3. The maximum Gasteiger partial charge on any atom is 0.500 e. The van der Waals surface area contributed by atoms with Crippen LogP contribution in [-0.2, 0) is 22.5 Å². The average molecular weight is 480 g/mol. The minimum Gasteiger partial charge on any atom is -0.479 e. The zero-order valence-corrected chi connectivity index (χ0v) is 23.9. The Bertz CT molecular complexity index is 482. The second-order valence-corrected chi connectivity index (χ2v) is 18.3. The number of carboxylic acid groups (broad SMARTS) is 1. The van der Waals surface area contributed by atoms with Crippen LogP contribution in [0.1, 0.15) is 61.8 Å². The lowest BCUT2D eigenvalue weighted by molar-refractivity contribution is -0.146. The van der Waals surface area contributed by atoms with Gasteiger partial charge in [-0.05, 0) is 35.5 Å². The molecule has 0 rings (SSSR count). The van der Waals surface area contributed by atoms with Gasteiger partial charge in [0.2, 0.25) is 8.32 Å². The van der Waals surface area contributed by atoms with Crippen LogP contribution in [0, 0.1) is 5.92 Å². The van der Waals surface area contributed by atoms with Crippen molar-refractivity contribution in [2.75, 3.05) is 41.0 Å². The van der Waals surface area contributed by atoms with E-state index in [2.05, 4.69) is 60.3 Å². The molecule has 0 aliphatic carbocycles. The van der Waals surface area contributed by atoms with Crippen LogP contribution in [0.15, 0.2) is 0 Å². The third kappa shape index (κ3) is 8.87. The van der Waals surface area contributed by atoms with E-state index in [9.17, 15) is 9.90 Å². The van der Waals surface area contributed by atoms with Gasteiger partial charge in [-0.25, -0.2) is 4.79 Å². The van der Waals surface area contributed by atoms with Crippen molar-refractivity contribution in [2.24, 2.45) is 5.92 Å². The highest BCUT2D eigenvalue weighted by atomic mass is 28.4. The number of hydrogen-bond donors (Lipinski definition) is 1. The van der Waals surface area contributed by atoms with E-state index in [0.717, 1.165) is 19.5 Å². The fourth-order valence-corrected chi connectivity index (χ4v) is 12.1. The largest absolute Gasteiger partial charge is 0.500 e. The lowest BCUT2D eigenvalue weighted by atomic mass is 10.2. The second-order valence-electron chi connectivity index (χ2n) is 9.81. The molecule has 31 heavy (non-hydrogen) atoms. The third-order valence-electron chi connectivity index (χ3n) is 6.27. The lowest BCUT2D eigenvalue weighted by Gasteiger charge is -2.44. The Balaban J connectivity index is 5.53. The first kappa shape index (κ1) is 30.7. The standard InChI is InChI=1S/C22H49NO6Si2/c1-17(2)15-23(13-12-14-30(26-9,27-10)28-11)16-21(22(24)25)29-31(18(3)4,19(5)6)20(7)8/h17-21H,12-16H2,1-11H3,(H,24,25). The monoisotopic (exact) mass is 479 g/mol. The number of nitrogens with zero attached hydrogens (tertiary/aromatic N) is 1. The van der Waals surface area contributed by atoms with Crippen molar-refractivity contribution in [2.45, 2.75) is 90.6 Å². The molecule has 1 N–H and O–H groups in total. The topological polar surface area (TPSA) is 77.5 Å². The van der Waals surface area contributed by atoms with Gasteiger partial charge >= 0.3 is 14.8 Å². The predicted octanol–water partition coefficient (Wildman–Crippen LogP) is 4.86. The Morgan fingerprint density at radius 1 is 0.839 bits per heavy atom. The smallest absolute Gasteiger partial charge is 0.479 e. The van der Waals surface area contributed by atoms with Crippen LogP contribution in [0.5, 0.6) is 0 Å². The molecule has 0 aliphatic rings. The van der Waals surface area contributed by atoms with Crippen LogP contribution >= 0.6 is 0 Å². The van der Waals surface area contributed by atoms with Crippen molar-refractivity contribution in [3.8, 4) is 0 Å². The van der Waals surface area contributed by atoms with E-state index in [1.807, 2.05) is 0 Å². The summed E-state index contributed by atoms with van der Waals surface area (Å²) in [5.74, 6) is -0.451. The van der Waals surface area contributed by atoms with Gasteiger partial charge in [0.1, 0.15) is 0 Å². The maximum absolute atomic E-state index is 12.3. The molecule has 0 amide bonds. The first-order chi connectivity index (χ1) is 14.3. The minimum atomic E-state index is -2.64. The third-order valence-corrected chi connectivity index (χ3v) is 15.2. The Morgan fingerprint density at radius 2 is 1.29 bits per heavy atom. The van der Waals surface area contributed by atoms with Crippen molar-refractivity contribution in [3.05, 3.63) is 0 Å². The lowest BCUT2D eigenvalue weighted by Crippen LogP contribution is -2.54. The second kappa shape index (κ2) is 14.1.